The van der Waals surface area contributed by atoms with Crippen LogP contribution in [0, 0.1) is 5.41 Å². The third-order valence-corrected chi connectivity index (χ3v) is 5.82. The fourth-order valence-corrected chi connectivity index (χ4v) is 4.39. The van der Waals surface area contributed by atoms with Crippen molar-refractivity contribution in [3.63, 3.8) is 0 Å². The summed E-state index contributed by atoms with van der Waals surface area (Å²) in [7, 11) is 1.68. The van der Waals surface area contributed by atoms with Crippen molar-refractivity contribution in [2.75, 3.05) is 39.9 Å². The molecular weight excluding hydrogens is 328 g/mol. The van der Waals surface area contributed by atoms with Crippen LogP contribution in [0.15, 0.2) is 24.3 Å². The van der Waals surface area contributed by atoms with Gasteiger partial charge in [0, 0.05) is 50.7 Å². The number of rotatable bonds is 6. The Morgan fingerprint density at radius 3 is 2.65 bits per heavy atom. The zero-order chi connectivity index (χ0) is 18.6. The van der Waals surface area contributed by atoms with Crippen LogP contribution in [-0.2, 0) is 16.1 Å². The average molecular weight is 358 g/mol. The predicted molar refractivity (Wildman–Crippen MR) is 101 cm³/mol. The fourth-order valence-electron chi connectivity index (χ4n) is 4.39. The Morgan fingerprint density at radius 1 is 1.19 bits per heavy atom. The average Bonchev–Trinajstić information content (AvgIpc) is 2.63. The molecule has 1 amide bonds. The van der Waals surface area contributed by atoms with Crippen LogP contribution in [0.4, 0.5) is 0 Å². The number of ketones is 1. The lowest BCUT2D eigenvalue weighted by Gasteiger charge is -2.48. The molecule has 0 saturated carbocycles. The van der Waals surface area contributed by atoms with Gasteiger partial charge in [-0.05, 0) is 38.3 Å². The van der Waals surface area contributed by atoms with Gasteiger partial charge in [0.05, 0.1) is 6.61 Å². The molecule has 1 atom stereocenters. The van der Waals surface area contributed by atoms with Gasteiger partial charge in [-0.2, -0.15) is 0 Å². The summed E-state index contributed by atoms with van der Waals surface area (Å²) in [5, 5.41) is 0. The summed E-state index contributed by atoms with van der Waals surface area (Å²) < 4.78 is 5.17. The van der Waals surface area contributed by atoms with E-state index in [0.717, 1.165) is 38.2 Å². The number of likely N-dealkylation sites (tertiary alicyclic amines) is 2. The van der Waals surface area contributed by atoms with E-state index in [9.17, 15) is 9.59 Å². The maximum atomic E-state index is 12.2. The molecule has 3 rings (SSSR count). The Balaban J connectivity index is 1.62. The lowest BCUT2D eigenvalue weighted by atomic mass is 9.73. The Hall–Kier alpha value is -1.72. The molecule has 1 aromatic carbocycles. The summed E-state index contributed by atoms with van der Waals surface area (Å²) >= 11 is 0. The minimum Gasteiger partial charge on any atom is -0.383 e. The standard InChI is InChI=1S/C21H30N2O3/c1-17(24)19-6-4-18(5-7-19)14-22-11-3-9-21(15-22)10-8-20(25)23(16-21)12-13-26-2/h4-7H,3,8-16H2,1-2H3/t21-/m1/s1. The number of amides is 1. The van der Waals surface area contributed by atoms with E-state index in [1.54, 1.807) is 14.0 Å². The molecule has 2 saturated heterocycles. The molecule has 2 aliphatic rings. The van der Waals surface area contributed by atoms with Crippen LogP contribution >= 0.6 is 0 Å². The smallest absolute Gasteiger partial charge is 0.222 e. The van der Waals surface area contributed by atoms with Gasteiger partial charge in [0.2, 0.25) is 5.91 Å². The SMILES string of the molecule is COCCN1C[C@]2(CCCN(Cc3ccc(C(C)=O)cc3)C2)CCC1=O. The molecule has 2 aliphatic heterocycles. The minimum atomic E-state index is 0.108. The van der Waals surface area contributed by atoms with E-state index >= 15 is 0 Å². The molecule has 1 aromatic rings. The number of ether oxygens (including phenoxy) is 1. The zero-order valence-electron chi connectivity index (χ0n) is 16.0. The molecule has 0 unspecified atom stereocenters. The molecule has 5 heteroatoms. The third-order valence-electron chi connectivity index (χ3n) is 5.82. The van der Waals surface area contributed by atoms with E-state index < -0.39 is 0 Å². The van der Waals surface area contributed by atoms with Crippen molar-refractivity contribution in [1.82, 2.24) is 9.80 Å². The van der Waals surface area contributed by atoms with Crippen molar-refractivity contribution in [2.24, 2.45) is 5.41 Å². The highest BCUT2D eigenvalue weighted by Gasteiger charge is 2.41. The quantitative estimate of drug-likeness (QED) is 0.734. The molecule has 0 bridgehead atoms. The molecule has 0 aliphatic carbocycles. The molecule has 2 heterocycles. The summed E-state index contributed by atoms with van der Waals surface area (Å²) in [5.74, 6) is 0.376. The lowest BCUT2D eigenvalue weighted by molar-refractivity contribution is -0.140. The van der Waals surface area contributed by atoms with Crippen LogP contribution in [0.1, 0.15) is 48.5 Å². The number of carbonyl (C=O) groups is 2. The van der Waals surface area contributed by atoms with E-state index in [0.29, 0.717) is 19.6 Å². The van der Waals surface area contributed by atoms with E-state index in [1.807, 2.05) is 17.0 Å². The number of carbonyl (C=O) groups excluding carboxylic acids is 2. The summed E-state index contributed by atoms with van der Waals surface area (Å²) in [5.41, 5.74) is 2.23. The van der Waals surface area contributed by atoms with Gasteiger partial charge in [-0.3, -0.25) is 14.5 Å². The number of methoxy groups -OCH3 is 1. The van der Waals surface area contributed by atoms with Crippen LogP contribution in [0.5, 0.6) is 0 Å². The number of hydrogen-bond donors (Lipinski definition) is 0. The van der Waals surface area contributed by atoms with Crippen molar-refractivity contribution in [1.29, 1.82) is 0 Å². The van der Waals surface area contributed by atoms with Gasteiger partial charge in [-0.25, -0.2) is 0 Å². The first-order valence-corrected chi connectivity index (χ1v) is 9.60. The van der Waals surface area contributed by atoms with Crippen molar-refractivity contribution in [3.8, 4) is 0 Å². The summed E-state index contributed by atoms with van der Waals surface area (Å²) in [6.07, 6.45) is 4.03. The first-order valence-electron chi connectivity index (χ1n) is 9.60. The molecule has 0 radical (unpaired) electrons. The summed E-state index contributed by atoms with van der Waals surface area (Å²) in [6.45, 7) is 6.81. The zero-order valence-corrected chi connectivity index (χ0v) is 16.0. The van der Waals surface area contributed by atoms with Crippen LogP contribution < -0.4 is 0 Å². The van der Waals surface area contributed by atoms with Crippen LogP contribution in [-0.4, -0.2) is 61.4 Å². The van der Waals surface area contributed by atoms with Crippen LogP contribution in [0.3, 0.4) is 0 Å². The van der Waals surface area contributed by atoms with Gasteiger partial charge >= 0.3 is 0 Å². The van der Waals surface area contributed by atoms with Crippen LogP contribution in [0.25, 0.3) is 0 Å². The molecule has 5 nitrogen and oxygen atoms in total. The number of piperidine rings is 2. The second kappa shape index (κ2) is 8.31. The van der Waals surface area contributed by atoms with Gasteiger partial charge in [0.1, 0.15) is 0 Å². The number of hydrogen-bond acceptors (Lipinski definition) is 4. The van der Waals surface area contributed by atoms with E-state index in [-0.39, 0.29) is 17.1 Å². The van der Waals surface area contributed by atoms with E-state index in [2.05, 4.69) is 17.0 Å². The molecular formula is C21H30N2O3. The number of nitrogens with zero attached hydrogens (tertiary/aromatic N) is 2. The fraction of sp³-hybridized carbons (Fsp3) is 0.619. The van der Waals surface area contributed by atoms with Gasteiger partial charge < -0.3 is 9.64 Å². The van der Waals surface area contributed by atoms with Crippen molar-refractivity contribution in [3.05, 3.63) is 35.4 Å². The maximum absolute atomic E-state index is 12.2. The lowest BCUT2D eigenvalue weighted by Crippen LogP contribution is -2.54. The van der Waals surface area contributed by atoms with E-state index in [1.165, 1.54) is 18.4 Å². The molecule has 0 N–H and O–H groups in total. The molecule has 0 aromatic heterocycles. The predicted octanol–water partition coefficient (Wildman–Crippen LogP) is 2.74. The van der Waals surface area contributed by atoms with Gasteiger partial charge in [-0.15, -0.1) is 0 Å². The third kappa shape index (κ3) is 4.51. The van der Waals surface area contributed by atoms with E-state index in [4.69, 9.17) is 4.74 Å². The molecule has 142 valence electrons. The Labute approximate surface area is 156 Å². The largest absolute Gasteiger partial charge is 0.383 e. The first kappa shape index (κ1) is 19.1. The van der Waals surface area contributed by atoms with Gasteiger partial charge in [0.25, 0.3) is 0 Å². The monoisotopic (exact) mass is 358 g/mol. The highest BCUT2D eigenvalue weighted by molar-refractivity contribution is 5.94. The van der Waals surface area contributed by atoms with Crippen molar-refractivity contribution in [2.45, 2.75) is 39.2 Å². The summed E-state index contributed by atoms with van der Waals surface area (Å²) in [4.78, 5) is 28.2. The van der Waals surface area contributed by atoms with Gasteiger partial charge in [0.15, 0.2) is 5.78 Å². The van der Waals surface area contributed by atoms with Crippen molar-refractivity contribution >= 4 is 11.7 Å². The highest BCUT2D eigenvalue weighted by Crippen LogP contribution is 2.39. The summed E-state index contributed by atoms with van der Waals surface area (Å²) in [6, 6.07) is 7.97. The molecule has 2 fully saturated rings. The molecule has 26 heavy (non-hydrogen) atoms. The van der Waals surface area contributed by atoms with Gasteiger partial charge in [-0.1, -0.05) is 24.3 Å². The number of benzene rings is 1. The minimum absolute atomic E-state index is 0.108. The van der Waals surface area contributed by atoms with Crippen LogP contribution in [0.2, 0.25) is 0 Å². The second-order valence-electron chi connectivity index (χ2n) is 7.88. The maximum Gasteiger partial charge on any atom is 0.222 e. The molecule has 1 spiro atoms. The normalized spacial score (nSPS) is 24.2. The Morgan fingerprint density at radius 2 is 1.96 bits per heavy atom. The Kier molecular flexibility index (Phi) is 6.09. The second-order valence-corrected chi connectivity index (χ2v) is 7.88. The Bertz CT molecular complexity index is 643. The highest BCUT2D eigenvalue weighted by atomic mass is 16.5. The first-order chi connectivity index (χ1) is 12.5. The number of Topliss-reactive ketones (excluding diaryl/α,β-unsaturated/α-hetero) is 1. The van der Waals surface area contributed by atoms with Crippen molar-refractivity contribution < 1.29 is 14.3 Å². The topological polar surface area (TPSA) is 49.9 Å².